The molecule has 132 heavy (non-hydrogen) atoms. The molecule has 0 saturated carbocycles. The number of sulfone groups is 1. The predicted molar refractivity (Wildman–Crippen MR) is 457 cm³/mol. The second-order valence-electron chi connectivity index (χ2n) is 29.9. The number of halogens is 14. The third-order valence-corrected chi connectivity index (χ3v) is 25.7. The van der Waals surface area contributed by atoms with E-state index in [9.17, 15) is 101 Å². The van der Waals surface area contributed by atoms with E-state index >= 15 is 8.78 Å². The zero-order chi connectivity index (χ0) is 95.9. The predicted octanol–water partition coefficient (Wildman–Crippen LogP) is 18.9. The third kappa shape index (κ3) is 17.8. The highest BCUT2D eigenvalue weighted by Crippen LogP contribution is 2.47. The molecule has 6 aliphatic carbocycles. The molecule has 0 fully saturated rings. The highest BCUT2D eigenvalue weighted by Gasteiger charge is 2.52. The summed E-state index contributed by atoms with van der Waals surface area (Å²) in [5.41, 5.74) is -12.0. The Balaban J connectivity index is 0.000000169. The van der Waals surface area contributed by atoms with Crippen molar-refractivity contribution >= 4 is 77.9 Å². The van der Waals surface area contributed by atoms with Gasteiger partial charge in [0, 0.05) is 68.0 Å². The van der Waals surface area contributed by atoms with Gasteiger partial charge in [0.05, 0.1) is 27.2 Å². The van der Waals surface area contributed by atoms with Crippen molar-refractivity contribution in [2.24, 2.45) is 0 Å². The van der Waals surface area contributed by atoms with Crippen molar-refractivity contribution in [2.45, 2.75) is 102 Å². The second kappa shape index (κ2) is 36.8. The van der Waals surface area contributed by atoms with Crippen molar-refractivity contribution < 1.29 is 78.6 Å². The number of fused-ring (bicyclic) bond motifs is 6. The lowest BCUT2D eigenvalue weighted by molar-refractivity contribution is -0.137. The molecule has 9 aromatic rings. The van der Waals surface area contributed by atoms with Crippen molar-refractivity contribution in [1.82, 2.24) is 0 Å². The molecule has 0 amide bonds. The Kier molecular flexibility index (Phi) is 26.2. The van der Waals surface area contributed by atoms with Gasteiger partial charge in [-0.25, -0.2) is 17.2 Å². The summed E-state index contributed by atoms with van der Waals surface area (Å²) in [4.78, 5) is 18.4. The van der Waals surface area contributed by atoms with Crippen LogP contribution < -0.4 is 31.3 Å². The highest BCUT2D eigenvalue weighted by atomic mass is 32.2. The van der Waals surface area contributed by atoms with E-state index in [1.807, 2.05) is 68.5 Å². The quantitative estimate of drug-likeness (QED) is 0.0386. The van der Waals surface area contributed by atoms with E-state index in [4.69, 9.17) is 39.4 Å². The van der Waals surface area contributed by atoms with Crippen molar-refractivity contribution in [2.75, 3.05) is 0 Å². The zero-order valence-electron chi connectivity index (χ0n) is 67.9. The normalized spacial score (nSPS) is 14.0. The van der Waals surface area contributed by atoms with Crippen LogP contribution in [0, 0.1) is 140 Å². The fourth-order valence-electron chi connectivity index (χ4n) is 17.2. The molecule has 0 heterocycles. The Morgan fingerprint density at radius 2 is 0.712 bits per heavy atom. The average Bonchev–Trinajstić information content (AvgIpc) is 1.53. The van der Waals surface area contributed by atoms with E-state index in [1.165, 1.54) is 54.6 Å². The molecule has 0 aromatic heterocycles. The molecule has 6 aliphatic rings. The molecule has 0 radical (unpaired) electrons. The summed E-state index contributed by atoms with van der Waals surface area (Å²) in [5.74, 6) is -3.71. The van der Waals surface area contributed by atoms with Crippen LogP contribution in [0.25, 0.3) is 62.5 Å². The lowest BCUT2D eigenvalue weighted by Crippen LogP contribution is -2.36. The molecule has 1 unspecified atom stereocenters. The van der Waals surface area contributed by atoms with Gasteiger partial charge in [-0.1, -0.05) is 137 Å². The monoisotopic (exact) mass is 1850 g/mol. The summed E-state index contributed by atoms with van der Waals surface area (Å²) < 4.78 is 250. The number of benzene rings is 9. The van der Waals surface area contributed by atoms with Crippen LogP contribution >= 0.6 is 23.5 Å². The number of alkyl halides is 12. The number of rotatable bonds is 11. The van der Waals surface area contributed by atoms with E-state index in [0.717, 1.165) is 62.0 Å². The summed E-state index contributed by atoms with van der Waals surface area (Å²) in [6.45, 7) is 50.8. The minimum absolute atomic E-state index is 0.000897. The maximum absolute atomic E-state index is 16.7. The number of aryl methyl sites for hydroxylation is 3. The molecule has 0 N–H and O–H groups in total. The smallest absolute Gasteiger partial charge is 0.523 e. The molecule has 648 valence electrons. The van der Waals surface area contributed by atoms with Gasteiger partial charge in [-0.3, -0.25) is 4.21 Å². The fraction of sp³-hybridized carbons (Fsp3) is 0.143. The molecule has 34 heteroatoms. The van der Waals surface area contributed by atoms with Crippen LogP contribution in [0.4, 0.5) is 61.5 Å². The van der Waals surface area contributed by atoms with Gasteiger partial charge in [0.15, 0.2) is 0 Å². The van der Waals surface area contributed by atoms with E-state index in [2.05, 4.69) is 29.1 Å². The first-order valence-corrected chi connectivity index (χ1v) is 42.6. The summed E-state index contributed by atoms with van der Waals surface area (Å²) in [7, 11) is -6.42. The Morgan fingerprint density at radius 1 is 0.402 bits per heavy atom. The summed E-state index contributed by atoms with van der Waals surface area (Å²) in [6.07, 6.45) is -6.47. The number of hydrogen-bond acceptors (Lipinski definition) is 12. The first-order chi connectivity index (χ1) is 62.6. The highest BCUT2D eigenvalue weighted by molar-refractivity contribution is 8.00. The van der Waals surface area contributed by atoms with Crippen LogP contribution in [0.15, 0.2) is 240 Å². The van der Waals surface area contributed by atoms with Crippen LogP contribution in [-0.4, -0.2) is 33.7 Å². The van der Waals surface area contributed by atoms with Gasteiger partial charge in [-0.05, 0) is 233 Å². The maximum atomic E-state index is 16.7. The van der Waals surface area contributed by atoms with E-state index < -0.39 is 128 Å². The minimum atomic E-state index is -6.42. The van der Waals surface area contributed by atoms with Crippen molar-refractivity contribution in [3.8, 4) is 36.4 Å². The Bertz CT molecular complexity index is 7990. The van der Waals surface area contributed by atoms with Gasteiger partial charge in [0.1, 0.15) is 104 Å². The topological polar surface area (TPSA) is 243 Å². The largest absolute Gasteiger partial charge is 0.772 e. The second-order valence-corrected chi connectivity index (χ2v) is 34.9. The van der Waals surface area contributed by atoms with E-state index in [1.54, 1.807) is 61.5 Å². The summed E-state index contributed by atoms with van der Waals surface area (Å²) in [5, 5.41) is 58.5. The molecule has 0 spiro atoms. The lowest BCUT2D eigenvalue weighted by Gasteiger charge is -2.18. The van der Waals surface area contributed by atoms with Crippen LogP contribution in [-0.2, 0) is 71.4 Å². The van der Waals surface area contributed by atoms with E-state index in [0.29, 0.717) is 52.0 Å². The molecule has 9 aromatic carbocycles. The maximum Gasteiger partial charge on any atom is 0.523 e. The standard InChI is InChI=1S/C34H18F6N4O4S2.C32H15F5N4S.C32H17F3N4S/c1-17-6-4-7-18(10-17)28-25(32(43-2)44-3)13-23-26(16-49(45)46)29-24(31(30(23)28)50(47,48)34(38,39)40)12-22(20(14-41)15-42)27(29)19-8-5-9-21(11-19)33(35,36)37;1-16-6-4-7-17(10-16)26-24(31(40-2)41-3)13-23-28(26)29(33)22-12-21(19(14-38)15-39)25(27(22)30(23)34)18-8-5-9-20(11-18)42-32(35,36)37;1-18-6-4-7-19(10-18)30-26-12-21-14-27(23(16-36)17-37)29(20-8-5-9-24(11-20)40-32(33,34)35)25(21)13-22(26)15-28(30)31(38-2)39-3/h4-11H,12-13,16H2,1H3,(H,45,46);4-11H,12-13H2,1H3;4-13H,14-15H2,1H3/p-1. The van der Waals surface area contributed by atoms with E-state index in [-0.39, 0.29) is 153 Å². The molecular formula is C98H49F14N12O4S4-. The number of thioether (sulfide) groups is 2. The van der Waals surface area contributed by atoms with Gasteiger partial charge in [0.25, 0.3) is 9.84 Å². The SMILES string of the molecule is [C-]#[N+]C([N+]#[C-])=C1Cc2c(CS(=O)[O-])c3c(c(S(=O)(=O)C(F)(F)F)c2=C1c1cccc(C)c1)CC(=C(C#N)C#N)C=3c1cccc(C(F)(F)F)c1.[C-]#[N+]C([N+]#[C-])=C1Cc2c(F)c3c(c(F)c2=C1c1cccc(C)c1)CC(=C(C#N)C#N)C=3c1cccc(SC(F)(F)F)c1.[C-]#[N+]C([N+]#[C-])=C1Cc2cc3c(cc2=C1c1cccc(C)c1)CC(=C(C#N)C#N)C=3c1cccc(SC(F)(F)F)c1. The van der Waals surface area contributed by atoms with Gasteiger partial charge in [-0.15, -0.1) is 0 Å². The Hall–Kier alpha value is -15.7. The third-order valence-electron chi connectivity index (χ3n) is 22.1. The zero-order valence-corrected chi connectivity index (χ0v) is 71.2. The molecule has 15 rings (SSSR count). The fourth-order valence-corrected chi connectivity index (χ4v) is 20.2. The molecule has 0 saturated heterocycles. The van der Waals surface area contributed by atoms with Crippen LogP contribution in [0.2, 0.25) is 0 Å². The number of nitriles is 6. The van der Waals surface area contributed by atoms with Gasteiger partial charge < -0.3 is 4.55 Å². The lowest BCUT2D eigenvalue weighted by atomic mass is 9.93. The molecule has 16 nitrogen and oxygen atoms in total. The van der Waals surface area contributed by atoms with Crippen molar-refractivity contribution in [1.29, 1.82) is 31.6 Å². The van der Waals surface area contributed by atoms with Crippen molar-refractivity contribution in [3.63, 3.8) is 0 Å². The van der Waals surface area contributed by atoms with Crippen LogP contribution in [0.5, 0.6) is 0 Å². The van der Waals surface area contributed by atoms with Crippen molar-refractivity contribution in [3.05, 3.63) is 431 Å². The molecule has 0 aliphatic heterocycles. The number of nitrogens with zero attached hydrogens (tertiary/aromatic N) is 12. The van der Waals surface area contributed by atoms with Gasteiger partial charge in [0.2, 0.25) is 0 Å². The number of hydrogen-bond donors (Lipinski definition) is 0. The first-order valence-electron chi connectivity index (χ1n) is 38.3. The van der Waals surface area contributed by atoms with Crippen LogP contribution in [0.3, 0.4) is 0 Å². The summed E-state index contributed by atoms with van der Waals surface area (Å²) >= 11 is -3.66. The Morgan fingerprint density at radius 3 is 1.09 bits per heavy atom. The van der Waals surface area contributed by atoms with Gasteiger partial charge in [-0.2, -0.15) is 113 Å². The Labute approximate surface area is 753 Å². The minimum Gasteiger partial charge on any atom is -0.772 e. The molecule has 1 atom stereocenters. The average molecular weight is 1850 g/mol. The summed E-state index contributed by atoms with van der Waals surface area (Å²) in [6, 6.07) is 49.6. The van der Waals surface area contributed by atoms with Gasteiger partial charge >= 0.3 is 40.2 Å². The molecule has 0 bridgehead atoms. The first kappa shape index (κ1) is 93.9. The number of allylic oxidation sites excluding steroid dienone is 9. The van der Waals surface area contributed by atoms with Crippen LogP contribution in [0.1, 0.15) is 94.6 Å². The molecular weight excluding hydrogens is 1800 g/mol.